The third-order valence-corrected chi connectivity index (χ3v) is 4.24. The lowest BCUT2D eigenvalue weighted by molar-refractivity contribution is 0.110. The molecule has 0 fully saturated rings. The number of aromatic nitrogens is 1. The van der Waals surface area contributed by atoms with Crippen molar-refractivity contribution in [3.8, 4) is 11.6 Å². The first-order valence-electron chi connectivity index (χ1n) is 10.6. The monoisotopic (exact) mass is 542 g/mol. The second-order valence-electron chi connectivity index (χ2n) is 6.61. The van der Waals surface area contributed by atoms with Gasteiger partial charge in [0.1, 0.15) is 12.4 Å². The summed E-state index contributed by atoms with van der Waals surface area (Å²) in [6.45, 7) is 12.2. The molecule has 0 saturated heterocycles. The van der Waals surface area contributed by atoms with Gasteiger partial charge in [-0.25, -0.2) is 9.98 Å². The number of aliphatic imine (C=N–C) groups is 1. The number of hydrogen-bond donors (Lipinski definition) is 2. The Morgan fingerprint density at radius 3 is 2.58 bits per heavy atom. The third-order valence-electron chi connectivity index (χ3n) is 4.24. The zero-order valence-corrected chi connectivity index (χ0v) is 21.3. The molecule has 8 heteroatoms. The van der Waals surface area contributed by atoms with Crippen molar-refractivity contribution >= 4 is 29.9 Å². The summed E-state index contributed by atoms with van der Waals surface area (Å²) >= 11 is 0. The molecule has 2 rings (SSSR count). The zero-order chi connectivity index (χ0) is 21.6. The Hall–Kier alpha value is -2.07. The molecule has 2 N–H and O–H groups in total. The van der Waals surface area contributed by atoms with Gasteiger partial charge in [-0.3, -0.25) is 0 Å². The van der Waals surface area contributed by atoms with Crippen LogP contribution in [0.5, 0.6) is 11.6 Å². The van der Waals surface area contributed by atoms with Gasteiger partial charge in [-0.2, -0.15) is 0 Å². The van der Waals surface area contributed by atoms with Crippen molar-refractivity contribution in [1.82, 2.24) is 15.6 Å². The number of guanidine groups is 1. The Kier molecular flexibility index (Phi) is 13.6. The maximum absolute atomic E-state index is 5.93. The van der Waals surface area contributed by atoms with Crippen LogP contribution >= 0.6 is 24.0 Å². The summed E-state index contributed by atoms with van der Waals surface area (Å²) in [7, 11) is 0. The highest BCUT2D eigenvalue weighted by Crippen LogP contribution is 2.20. The number of benzene rings is 1. The second-order valence-corrected chi connectivity index (χ2v) is 6.61. The van der Waals surface area contributed by atoms with Crippen LogP contribution in [0.15, 0.2) is 41.5 Å². The van der Waals surface area contributed by atoms with Gasteiger partial charge < -0.3 is 24.8 Å². The minimum Gasteiger partial charge on any atom is -0.491 e. The number of rotatable bonds is 12. The van der Waals surface area contributed by atoms with E-state index in [1.165, 1.54) is 0 Å². The second kappa shape index (κ2) is 15.7. The Morgan fingerprint density at radius 1 is 1.00 bits per heavy atom. The number of ether oxygens (including phenoxy) is 3. The van der Waals surface area contributed by atoms with E-state index >= 15 is 0 Å². The summed E-state index contributed by atoms with van der Waals surface area (Å²) in [6.07, 6.45) is 1.73. The average molecular weight is 542 g/mol. The van der Waals surface area contributed by atoms with Crippen molar-refractivity contribution < 1.29 is 14.2 Å². The predicted octanol–water partition coefficient (Wildman–Crippen LogP) is 4.08. The summed E-state index contributed by atoms with van der Waals surface area (Å²) in [6, 6.07) is 10.1. The van der Waals surface area contributed by atoms with Gasteiger partial charge in [-0.1, -0.05) is 18.2 Å². The van der Waals surface area contributed by atoms with E-state index in [4.69, 9.17) is 14.2 Å². The minimum absolute atomic E-state index is 0. The van der Waals surface area contributed by atoms with Crippen molar-refractivity contribution in [2.45, 2.75) is 40.8 Å². The SMILES string of the molecule is CCNC(=NCc1cccnc1OCC)NCc1ccc(C)cc1OCCOCC.I. The van der Waals surface area contributed by atoms with Crippen molar-refractivity contribution in [3.63, 3.8) is 0 Å². The van der Waals surface area contributed by atoms with Gasteiger partial charge in [-0.15, -0.1) is 24.0 Å². The first-order chi connectivity index (χ1) is 14.7. The van der Waals surface area contributed by atoms with Crippen LogP contribution in [0.3, 0.4) is 0 Å². The maximum Gasteiger partial charge on any atom is 0.218 e. The van der Waals surface area contributed by atoms with Crippen molar-refractivity contribution in [2.75, 3.05) is 33.0 Å². The third kappa shape index (κ3) is 9.73. The Bertz CT molecular complexity index is 802. The molecule has 1 heterocycles. The fraction of sp³-hybridized carbons (Fsp3) is 0.478. The molecule has 0 radical (unpaired) electrons. The van der Waals surface area contributed by atoms with E-state index in [0.717, 1.165) is 34.9 Å². The molecule has 0 spiro atoms. The lowest BCUT2D eigenvalue weighted by atomic mass is 10.1. The van der Waals surface area contributed by atoms with Crippen LogP contribution in [0.2, 0.25) is 0 Å². The lowest BCUT2D eigenvalue weighted by Crippen LogP contribution is -2.36. The standard InChI is InChI=1S/C23H34N4O3.HI/c1-5-24-23(27-17-20-9-8-12-25-22(20)29-7-3)26-16-19-11-10-18(4)15-21(19)30-14-13-28-6-2;/h8-12,15H,5-7,13-14,16-17H2,1-4H3,(H2,24,26,27);1H. The normalized spacial score (nSPS) is 10.9. The minimum atomic E-state index is 0. The van der Waals surface area contributed by atoms with Crippen LogP contribution < -0.4 is 20.1 Å². The highest BCUT2D eigenvalue weighted by Gasteiger charge is 2.08. The fourth-order valence-corrected chi connectivity index (χ4v) is 2.79. The summed E-state index contributed by atoms with van der Waals surface area (Å²) < 4.78 is 16.9. The first kappa shape index (κ1) is 27.0. The van der Waals surface area contributed by atoms with E-state index in [1.807, 2.05) is 32.9 Å². The van der Waals surface area contributed by atoms with Gasteiger partial charge in [0, 0.05) is 37.0 Å². The molecular formula is C23H35IN4O3. The molecule has 0 aliphatic carbocycles. The van der Waals surface area contributed by atoms with E-state index < -0.39 is 0 Å². The smallest absolute Gasteiger partial charge is 0.218 e. The van der Waals surface area contributed by atoms with Crippen LogP contribution in [-0.4, -0.2) is 43.9 Å². The van der Waals surface area contributed by atoms with Gasteiger partial charge in [0.2, 0.25) is 5.88 Å². The van der Waals surface area contributed by atoms with Gasteiger partial charge in [-0.05, 0) is 45.4 Å². The van der Waals surface area contributed by atoms with Crippen LogP contribution in [0.25, 0.3) is 0 Å². The Labute approximate surface area is 203 Å². The number of nitrogens with one attached hydrogen (secondary N) is 2. The van der Waals surface area contributed by atoms with E-state index in [-0.39, 0.29) is 24.0 Å². The molecule has 0 unspecified atom stereocenters. The molecule has 2 aromatic rings. The molecule has 1 aromatic carbocycles. The number of pyridine rings is 1. The van der Waals surface area contributed by atoms with Gasteiger partial charge in [0.25, 0.3) is 0 Å². The van der Waals surface area contributed by atoms with Crippen molar-refractivity contribution in [3.05, 3.63) is 53.2 Å². The largest absolute Gasteiger partial charge is 0.491 e. The molecule has 0 aliphatic heterocycles. The quantitative estimate of drug-likeness (QED) is 0.182. The van der Waals surface area contributed by atoms with Gasteiger partial charge >= 0.3 is 0 Å². The van der Waals surface area contributed by atoms with Gasteiger partial charge in [0.15, 0.2) is 5.96 Å². The summed E-state index contributed by atoms with van der Waals surface area (Å²) in [5, 5.41) is 6.67. The zero-order valence-electron chi connectivity index (χ0n) is 18.9. The van der Waals surface area contributed by atoms with Gasteiger partial charge in [0.05, 0.1) is 19.8 Å². The molecular weight excluding hydrogens is 507 g/mol. The first-order valence-corrected chi connectivity index (χ1v) is 10.6. The molecule has 0 amide bonds. The Balaban J connectivity index is 0.00000480. The topological polar surface area (TPSA) is 77.0 Å². The molecule has 172 valence electrons. The summed E-state index contributed by atoms with van der Waals surface area (Å²) in [5.41, 5.74) is 3.18. The maximum atomic E-state index is 5.93. The van der Waals surface area contributed by atoms with Crippen molar-refractivity contribution in [2.24, 2.45) is 4.99 Å². The summed E-state index contributed by atoms with van der Waals surface area (Å²) in [5.74, 6) is 2.22. The number of nitrogens with zero attached hydrogens (tertiary/aromatic N) is 2. The highest BCUT2D eigenvalue weighted by atomic mass is 127. The van der Waals surface area contributed by atoms with Crippen LogP contribution in [0.1, 0.15) is 37.5 Å². The Morgan fingerprint density at radius 2 is 1.84 bits per heavy atom. The molecule has 0 saturated carbocycles. The molecule has 0 bridgehead atoms. The molecule has 0 atom stereocenters. The van der Waals surface area contributed by atoms with E-state index in [1.54, 1.807) is 6.20 Å². The van der Waals surface area contributed by atoms with E-state index in [2.05, 4.69) is 45.7 Å². The fourth-order valence-electron chi connectivity index (χ4n) is 2.79. The van der Waals surface area contributed by atoms with Crippen LogP contribution in [0, 0.1) is 6.92 Å². The molecule has 1 aromatic heterocycles. The molecule has 7 nitrogen and oxygen atoms in total. The van der Waals surface area contributed by atoms with Crippen molar-refractivity contribution in [1.29, 1.82) is 0 Å². The molecule has 31 heavy (non-hydrogen) atoms. The van der Waals surface area contributed by atoms with Crippen LogP contribution in [-0.2, 0) is 17.8 Å². The average Bonchev–Trinajstić information content (AvgIpc) is 2.75. The van der Waals surface area contributed by atoms with Crippen LogP contribution in [0.4, 0.5) is 0 Å². The van der Waals surface area contributed by atoms with E-state index in [0.29, 0.717) is 45.4 Å². The number of aryl methyl sites for hydroxylation is 1. The number of hydrogen-bond acceptors (Lipinski definition) is 5. The summed E-state index contributed by atoms with van der Waals surface area (Å²) in [4.78, 5) is 8.98. The predicted molar refractivity (Wildman–Crippen MR) is 136 cm³/mol. The highest BCUT2D eigenvalue weighted by molar-refractivity contribution is 14.0. The lowest BCUT2D eigenvalue weighted by Gasteiger charge is -2.15. The molecule has 0 aliphatic rings. The number of halogens is 1. The van der Waals surface area contributed by atoms with E-state index in [9.17, 15) is 0 Å².